The van der Waals surface area contributed by atoms with Crippen LogP contribution in [-0.4, -0.2) is 31.1 Å². The Bertz CT molecular complexity index is 873. The van der Waals surface area contributed by atoms with E-state index in [2.05, 4.69) is 0 Å². The number of hydrogen-bond donors (Lipinski definition) is 0. The minimum atomic E-state index is -0.122. The Balaban J connectivity index is 1.58. The van der Waals surface area contributed by atoms with Crippen molar-refractivity contribution in [2.75, 3.05) is 20.3 Å². The fourth-order valence-electron chi connectivity index (χ4n) is 2.68. The zero-order chi connectivity index (χ0) is 19.1. The topological polar surface area (TPSA) is 51.9 Å². The van der Waals surface area contributed by atoms with Gasteiger partial charge in [-0.1, -0.05) is 30.3 Å². The molecule has 0 aliphatic carbocycles. The molecule has 3 aromatic rings. The van der Waals surface area contributed by atoms with E-state index >= 15 is 0 Å². The quantitative estimate of drug-likeness (QED) is 0.558. The Morgan fingerprint density at radius 3 is 2.37 bits per heavy atom. The van der Waals surface area contributed by atoms with Crippen molar-refractivity contribution in [1.29, 1.82) is 0 Å². The first kappa shape index (κ1) is 18.6. The first-order valence-electron chi connectivity index (χ1n) is 8.84. The average Bonchev–Trinajstić information content (AvgIpc) is 3.10. The summed E-state index contributed by atoms with van der Waals surface area (Å²) < 4.78 is 17.0. The number of amides is 1. The van der Waals surface area contributed by atoms with Gasteiger partial charge in [-0.3, -0.25) is 4.79 Å². The van der Waals surface area contributed by atoms with E-state index in [4.69, 9.17) is 13.9 Å². The Labute approximate surface area is 159 Å². The molecule has 0 N–H and O–H groups in total. The van der Waals surface area contributed by atoms with Gasteiger partial charge >= 0.3 is 0 Å². The van der Waals surface area contributed by atoms with Crippen LogP contribution in [0.2, 0.25) is 0 Å². The summed E-state index contributed by atoms with van der Waals surface area (Å²) in [5.41, 5.74) is 0.517. The highest BCUT2D eigenvalue weighted by Gasteiger charge is 2.17. The van der Waals surface area contributed by atoms with Gasteiger partial charge in [-0.2, -0.15) is 0 Å². The lowest BCUT2D eigenvalue weighted by Crippen LogP contribution is -2.26. The minimum Gasteiger partial charge on any atom is -0.490 e. The second kappa shape index (κ2) is 8.94. The maximum Gasteiger partial charge on any atom is 0.257 e. The van der Waals surface area contributed by atoms with Gasteiger partial charge in [0.1, 0.15) is 36.2 Å². The van der Waals surface area contributed by atoms with Crippen LogP contribution >= 0.6 is 0 Å². The third-order valence-electron chi connectivity index (χ3n) is 4.01. The van der Waals surface area contributed by atoms with Crippen LogP contribution < -0.4 is 9.47 Å². The van der Waals surface area contributed by atoms with Crippen LogP contribution in [0.4, 0.5) is 0 Å². The number of aryl methyl sites for hydroxylation is 1. The molecular formula is C22H23NO4. The van der Waals surface area contributed by atoms with Crippen LogP contribution in [0.15, 0.2) is 71.1 Å². The average molecular weight is 365 g/mol. The molecule has 1 amide bonds. The molecule has 1 aromatic heterocycles. The predicted octanol–water partition coefficient (Wildman–Crippen LogP) is 4.32. The number of para-hydroxylation sites is 2. The monoisotopic (exact) mass is 365 g/mol. The summed E-state index contributed by atoms with van der Waals surface area (Å²) in [7, 11) is 1.75. The zero-order valence-electron chi connectivity index (χ0n) is 15.6. The van der Waals surface area contributed by atoms with Gasteiger partial charge in [0.2, 0.25) is 0 Å². The normalized spacial score (nSPS) is 10.4. The largest absolute Gasteiger partial charge is 0.490 e. The molecule has 0 saturated heterocycles. The van der Waals surface area contributed by atoms with E-state index < -0.39 is 0 Å². The van der Waals surface area contributed by atoms with Gasteiger partial charge in [-0.05, 0) is 43.3 Å². The number of carbonyl (C=O) groups excluding carboxylic acids is 1. The van der Waals surface area contributed by atoms with Crippen molar-refractivity contribution in [2.24, 2.45) is 0 Å². The number of carbonyl (C=O) groups is 1. The van der Waals surface area contributed by atoms with Crippen molar-refractivity contribution in [1.82, 2.24) is 4.90 Å². The second-order valence-electron chi connectivity index (χ2n) is 6.18. The van der Waals surface area contributed by atoms with Gasteiger partial charge in [-0.25, -0.2) is 0 Å². The summed E-state index contributed by atoms with van der Waals surface area (Å²) in [6.45, 7) is 3.03. The highest BCUT2D eigenvalue weighted by Crippen LogP contribution is 2.21. The van der Waals surface area contributed by atoms with Gasteiger partial charge < -0.3 is 18.8 Å². The van der Waals surface area contributed by atoms with Crippen LogP contribution in [0.1, 0.15) is 21.9 Å². The van der Waals surface area contributed by atoms with Crippen LogP contribution in [-0.2, 0) is 6.54 Å². The Morgan fingerprint density at radius 1 is 0.926 bits per heavy atom. The minimum absolute atomic E-state index is 0.122. The molecule has 0 unspecified atom stereocenters. The van der Waals surface area contributed by atoms with Crippen molar-refractivity contribution >= 4 is 5.91 Å². The number of furan rings is 1. The SMILES string of the molecule is Cc1ccc(CN(C)C(=O)c2ccccc2OCCOc2ccccc2)o1. The molecule has 5 heteroatoms. The Kier molecular flexibility index (Phi) is 6.15. The molecule has 5 nitrogen and oxygen atoms in total. The summed E-state index contributed by atoms with van der Waals surface area (Å²) in [6.07, 6.45) is 0. The number of ether oxygens (including phenoxy) is 2. The summed E-state index contributed by atoms with van der Waals surface area (Å²) in [4.78, 5) is 14.4. The molecule has 0 fully saturated rings. The smallest absolute Gasteiger partial charge is 0.257 e. The Morgan fingerprint density at radius 2 is 1.63 bits per heavy atom. The maximum absolute atomic E-state index is 12.8. The fraction of sp³-hybridized carbons (Fsp3) is 0.227. The predicted molar refractivity (Wildman–Crippen MR) is 103 cm³/mol. The van der Waals surface area contributed by atoms with E-state index in [-0.39, 0.29) is 5.91 Å². The van der Waals surface area contributed by atoms with Crippen LogP contribution in [0.3, 0.4) is 0 Å². The molecule has 0 bridgehead atoms. The molecular weight excluding hydrogens is 342 g/mol. The molecule has 0 saturated carbocycles. The molecule has 3 rings (SSSR count). The van der Waals surface area contributed by atoms with E-state index in [0.29, 0.717) is 31.1 Å². The maximum atomic E-state index is 12.8. The second-order valence-corrected chi connectivity index (χ2v) is 6.18. The van der Waals surface area contributed by atoms with Crippen molar-refractivity contribution < 1.29 is 18.7 Å². The molecule has 0 aliphatic rings. The summed E-state index contributed by atoms with van der Waals surface area (Å²) in [6, 6.07) is 20.5. The van der Waals surface area contributed by atoms with Gasteiger partial charge in [0.05, 0.1) is 12.1 Å². The Hall–Kier alpha value is -3.21. The van der Waals surface area contributed by atoms with Crippen LogP contribution in [0.25, 0.3) is 0 Å². The highest BCUT2D eigenvalue weighted by molar-refractivity contribution is 5.96. The van der Waals surface area contributed by atoms with Crippen molar-refractivity contribution in [3.8, 4) is 11.5 Å². The van der Waals surface area contributed by atoms with Crippen molar-refractivity contribution in [2.45, 2.75) is 13.5 Å². The molecule has 2 aromatic carbocycles. The summed E-state index contributed by atoms with van der Waals surface area (Å²) in [5.74, 6) is 2.79. The lowest BCUT2D eigenvalue weighted by atomic mass is 10.1. The lowest BCUT2D eigenvalue weighted by molar-refractivity contribution is 0.0769. The molecule has 27 heavy (non-hydrogen) atoms. The summed E-state index contributed by atoms with van der Waals surface area (Å²) >= 11 is 0. The van der Waals surface area contributed by atoms with Gasteiger partial charge in [0.15, 0.2) is 0 Å². The van der Waals surface area contributed by atoms with Gasteiger partial charge in [0, 0.05) is 7.05 Å². The van der Waals surface area contributed by atoms with E-state index in [1.807, 2.05) is 61.5 Å². The highest BCUT2D eigenvalue weighted by atomic mass is 16.5. The third-order valence-corrected chi connectivity index (χ3v) is 4.01. The first-order chi connectivity index (χ1) is 13.1. The van der Waals surface area contributed by atoms with E-state index in [9.17, 15) is 4.79 Å². The summed E-state index contributed by atoms with van der Waals surface area (Å²) in [5, 5.41) is 0. The number of nitrogens with zero attached hydrogens (tertiary/aromatic N) is 1. The molecule has 0 spiro atoms. The zero-order valence-corrected chi connectivity index (χ0v) is 15.6. The van der Waals surface area contributed by atoms with E-state index in [1.54, 1.807) is 24.1 Å². The molecule has 0 radical (unpaired) electrons. The number of hydrogen-bond acceptors (Lipinski definition) is 4. The van der Waals surface area contributed by atoms with Gasteiger partial charge in [-0.15, -0.1) is 0 Å². The van der Waals surface area contributed by atoms with Crippen LogP contribution in [0.5, 0.6) is 11.5 Å². The first-order valence-corrected chi connectivity index (χ1v) is 8.84. The standard InChI is InChI=1S/C22H23NO4/c1-17-12-13-19(27-17)16-23(2)22(24)20-10-6-7-11-21(20)26-15-14-25-18-8-4-3-5-9-18/h3-13H,14-16H2,1-2H3. The molecule has 0 aliphatic heterocycles. The van der Waals surface area contributed by atoms with Crippen molar-refractivity contribution in [3.63, 3.8) is 0 Å². The van der Waals surface area contributed by atoms with E-state index in [1.165, 1.54) is 0 Å². The van der Waals surface area contributed by atoms with Crippen molar-refractivity contribution in [3.05, 3.63) is 83.8 Å². The lowest BCUT2D eigenvalue weighted by Gasteiger charge is -2.18. The number of benzene rings is 2. The van der Waals surface area contributed by atoms with E-state index in [0.717, 1.165) is 17.3 Å². The van der Waals surface area contributed by atoms with Crippen LogP contribution in [0, 0.1) is 6.92 Å². The number of rotatable bonds is 8. The molecule has 140 valence electrons. The third kappa shape index (κ3) is 5.14. The molecule has 0 atom stereocenters. The fourth-order valence-corrected chi connectivity index (χ4v) is 2.68. The molecule has 1 heterocycles. The van der Waals surface area contributed by atoms with Gasteiger partial charge in [0.25, 0.3) is 5.91 Å².